The predicted octanol–water partition coefficient (Wildman–Crippen LogP) is -0.690. The van der Waals surface area contributed by atoms with Crippen LogP contribution >= 0.6 is 0 Å². The highest BCUT2D eigenvalue weighted by atomic mass is 16.2. The fraction of sp³-hybridized carbons (Fsp3) is 0.308. The van der Waals surface area contributed by atoms with E-state index < -0.39 is 5.41 Å². The Morgan fingerprint density at radius 2 is 2.14 bits per heavy atom. The maximum atomic E-state index is 12.6. The molecule has 110 valence electrons. The molecule has 2 amide bonds. The van der Waals surface area contributed by atoms with Gasteiger partial charge in [-0.15, -0.1) is 10.6 Å². The summed E-state index contributed by atoms with van der Waals surface area (Å²) in [6.45, 7) is 3.62. The van der Waals surface area contributed by atoms with Crippen molar-refractivity contribution >= 4 is 23.5 Å². The molecule has 2 aliphatic rings. The van der Waals surface area contributed by atoms with Gasteiger partial charge in [0.1, 0.15) is 0 Å². The third-order valence-corrected chi connectivity index (χ3v) is 3.78. The number of hydrogen-bond acceptors (Lipinski definition) is 6. The Bertz CT molecular complexity index is 643. The minimum atomic E-state index is -0.824. The van der Waals surface area contributed by atoms with E-state index in [9.17, 15) is 9.59 Å². The first-order valence-corrected chi connectivity index (χ1v) is 6.55. The highest BCUT2D eigenvalue weighted by molar-refractivity contribution is 6.06. The van der Waals surface area contributed by atoms with Gasteiger partial charge < -0.3 is 4.90 Å². The first-order chi connectivity index (χ1) is 10.0. The van der Waals surface area contributed by atoms with Crippen molar-refractivity contribution in [3.8, 4) is 0 Å². The third kappa shape index (κ3) is 2.09. The number of fused-ring (bicyclic) bond motifs is 1. The number of carbonyl (C=O) groups excluding carboxylic acids is 2. The minimum Gasteiger partial charge on any atom is -0.311 e. The second-order valence-corrected chi connectivity index (χ2v) is 5.23. The van der Waals surface area contributed by atoms with Gasteiger partial charge in [-0.05, 0) is 18.6 Å². The van der Waals surface area contributed by atoms with Crippen LogP contribution in [0.3, 0.4) is 0 Å². The van der Waals surface area contributed by atoms with Crippen LogP contribution in [0.2, 0.25) is 0 Å². The topological polar surface area (TPSA) is 97.9 Å². The lowest BCUT2D eigenvalue weighted by Crippen LogP contribution is -2.51. The van der Waals surface area contributed by atoms with Gasteiger partial charge in [0, 0.05) is 19.2 Å². The first kappa shape index (κ1) is 13.4. The number of amides is 2. The summed E-state index contributed by atoms with van der Waals surface area (Å²) < 4.78 is 0. The van der Waals surface area contributed by atoms with Gasteiger partial charge in [0.05, 0.1) is 5.41 Å². The molecule has 0 aromatic heterocycles. The van der Waals surface area contributed by atoms with Crippen LogP contribution < -0.4 is 26.7 Å². The van der Waals surface area contributed by atoms with E-state index in [4.69, 9.17) is 0 Å². The minimum absolute atomic E-state index is 0.0846. The maximum Gasteiger partial charge on any atom is 0.239 e. The zero-order valence-corrected chi connectivity index (χ0v) is 11.7. The lowest BCUT2D eigenvalue weighted by molar-refractivity contribution is -0.124. The molecule has 0 saturated carbocycles. The van der Waals surface area contributed by atoms with E-state index in [1.807, 2.05) is 31.2 Å². The molecule has 3 rings (SSSR count). The van der Waals surface area contributed by atoms with Crippen LogP contribution in [-0.2, 0) is 15.0 Å². The molecule has 2 heterocycles. The van der Waals surface area contributed by atoms with Gasteiger partial charge in [-0.1, -0.05) is 18.2 Å². The van der Waals surface area contributed by atoms with Crippen molar-refractivity contribution in [1.82, 2.24) is 21.8 Å². The lowest BCUT2D eigenvalue weighted by Gasteiger charge is -2.24. The fourth-order valence-electron chi connectivity index (χ4n) is 2.64. The normalized spacial score (nSPS) is 23.0. The highest BCUT2D eigenvalue weighted by Gasteiger charge is 2.46. The molecular formula is C13H16N6O2. The second-order valence-electron chi connectivity index (χ2n) is 5.23. The molecule has 8 nitrogen and oxygen atoms in total. The number of rotatable bonds is 1. The summed E-state index contributed by atoms with van der Waals surface area (Å²) in [5, 5.41) is 6.52. The molecule has 21 heavy (non-hydrogen) atoms. The molecule has 1 aromatic carbocycles. The third-order valence-electron chi connectivity index (χ3n) is 3.78. The molecule has 2 aliphatic heterocycles. The SMILES string of the molecule is CC(=O)N1CC(C)(C(=O)NC2=NNNN2)c2ccccc21. The summed E-state index contributed by atoms with van der Waals surface area (Å²) in [5.74, 6) is -0.0194. The van der Waals surface area contributed by atoms with E-state index in [-0.39, 0.29) is 11.8 Å². The van der Waals surface area contributed by atoms with Crippen LogP contribution in [0.1, 0.15) is 19.4 Å². The first-order valence-electron chi connectivity index (χ1n) is 6.55. The number of carbonyl (C=O) groups is 2. The van der Waals surface area contributed by atoms with Crippen molar-refractivity contribution < 1.29 is 9.59 Å². The van der Waals surface area contributed by atoms with Crippen molar-refractivity contribution in [2.45, 2.75) is 19.3 Å². The van der Waals surface area contributed by atoms with Crippen molar-refractivity contribution in [3.63, 3.8) is 0 Å². The van der Waals surface area contributed by atoms with Gasteiger partial charge >= 0.3 is 0 Å². The highest BCUT2D eigenvalue weighted by Crippen LogP contribution is 2.40. The molecule has 1 unspecified atom stereocenters. The smallest absolute Gasteiger partial charge is 0.239 e. The molecule has 1 atom stereocenters. The number of nitrogens with zero attached hydrogens (tertiary/aromatic N) is 2. The van der Waals surface area contributed by atoms with E-state index in [2.05, 4.69) is 26.9 Å². The van der Waals surface area contributed by atoms with Gasteiger partial charge in [0.15, 0.2) is 0 Å². The Balaban J connectivity index is 1.93. The molecule has 4 N–H and O–H groups in total. The maximum absolute atomic E-state index is 12.6. The Kier molecular flexibility index (Phi) is 3.02. The number of hydrazine groups is 2. The average Bonchev–Trinajstić information content (AvgIpc) is 3.06. The van der Waals surface area contributed by atoms with E-state index in [0.717, 1.165) is 11.3 Å². The van der Waals surface area contributed by atoms with Crippen LogP contribution in [-0.4, -0.2) is 24.3 Å². The van der Waals surface area contributed by atoms with Crippen molar-refractivity contribution in [2.24, 2.45) is 5.10 Å². The monoisotopic (exact) mass is 288 g/mol. The van der Waals surface area contributed by atoms with Crippen molar-refractivity contribution in [2.75, 3.05) is 11.4 Å². The van der Waals surface area contributed by atoms with Gasteiger partial charge in [-0.25, -0.2) is 5.53 Å². The number of hydrogen-bond donors (Lipinski definition) is 4. The van der Waals surface area contributed by atoms with E-state index >= 15 is 0 Å². The molecular weight excluding hydrogens is 272 g/mol. The summed E-state index contributed by atoms with van der Waals surface area (Å²) in [5.41, 5.74) is 8.47. The van der Waals surface area contributed by atoms with Crippen LogP contribution in [0.5, 0.6) is 0 Å². The van der Waals surface area contributed by atoms with Gasteiger partial charge in [-0.3, -0.25) is 20.3 Å². The second kappa shape index (κ2) is 4.74. The quantitative estimate of drug-likeness (QED) is 0.548. The molecule has 1 aromatic rings. The molecule has 0 spiro atoms. The Morgan fingerprint density at radius 3 is 2.81 bits per heavy atom. The number of hydrazone groups is 1. The standard InChI is InChI=1S/C13H16N6O2/c1-8(20)19-7-13(2,9-5-3-4-6-10(9)19)11(21)14-12-15-17-18-16-12/h3-6,17-18H,7H2,1-2H3,(H2,14,15,16,21). The predicted molar refractivity (Wildman–Crippen MR) is 76.8 cm³/mol. The zero-order valence-electron chi connectivity index (χ0n) is 11.7. The largest absolute Gasteiger partial charge is 0.311 e. The summed E-state index contributed by atoms with van der Waals surface area (Å²) >= 11 is 0. The van der Waals surface area contributed by atoms with Crippen LogP contribution in [0.25, 0.3) is 0 Å². The van der Waals surface area contributed by atoms with Crippen molar-refractivity contribution in [1.29, 1.82) is 0 Å². The number of benzene rings is 1. The van der Waals surface area contributed by atoms with Crippen LogP contribution in [0.15, 0.2) is 29.4 Å². The molecule has 0 radical (unpaired) electrons. The lowest BCUT2D eigenvalue weighted by atomic mass is 9.83. The summed E-state index contributed by atoms with van der Waals surface area (Å²) in [6, 6.07) is 7.44. The number of para-hydroxylation sites is 1. The van der Waals surface area contributed by atoms with Gasteiger partial charge in [-0.2, -0.15) is 0 Å². The average molecular weight is 288 g/mol. The van der Waals surface area contributed by atoms with Gasteiger partial charge in [0.25, 0.3) is 0 Å². The van der Waals surface area contributed by atoms with E-state index in [1.165, 1.54) is 6.92 Å². The Hall–Kier alpha value is -2.61. The van der Waals surface area contributed by atoms with Crippen LogP contribution in [0, 0.1) is 0 Å². The zero-order chi connectivity index (χ0) is 15.0. The van der Waals surface area contributed by atoms with Crippen molar-refractivity contribution in [3.05, 3.63) is 29.8 Å². The Morgan fingerprint density at radius 1 is 1.38 bits per heavy atom. The fourth-order valence-corrected chi connectivity index (χ4v) is 2.64. The summed E-state index contributed by atoms with van der Waals surface area (Å²) in [4.78, 5) is 26.1. The molecule has 8 heteroatoms. The number of guanidine groups is 1. The Labute approximate surface area is 121 Å². The summed E-state index contributed by atoms with van der Waals surface area (Å²) in [7, 11) is 0. The van der Waals surface area contributed by atoms with E-state index in [0.29, 0.717) is 12.5 Å². The van der Waals surface area contributed by atoms with Crippen LogP contribution in [0.4, 0.5) is 5.69 Å². The van der Waals surface area contributed by atoms with E-state index in [1.54, 1.807) is 4.90 Å². The van der Waals surface area contributed by atoms with Gasteiger partial charge in [0.2, 0.25) is 17.8 Å². The number of nitrogens with one attached hydrogen (secondary N) is 4. The molecule has 0 bridgehead atoms. The molecule has 0 aliphatic carbocycles. The number of anilines is 1. The molecule has 0 saturated heterocycles. The summed E-state index contributed by atoms with van der Waals surface area (Å²) in [6.07, 6.45) is 0. The molecule has 0 fully saturated rings.